The molecule has 2 rings (SSSR count). The molecule has 0 N–H and O–H groups in total. The van der Waals surface area contributed by atoms with Crippen molar-refractivity contribution < 1.29 is 8.78 Å². The Morgan fingerprint density at radius 3 is 1.47 bits per heavy atom. The Balaban J connectivity index is 0.000000191. The second kappa shape index (κ2) is 6.67. The van der Waals surface area contributed by atoms with E-state index in [4.69, 9.17) is 11.6 Å². The lowest BCUT2D eigenvalue weighted by Gasteiger charge is -1.99. The van der Waals surface area contributed by atoms with E-state index in [2.05, 4.69) is 0 Å². The van der Waals surface area contributed by atoms with E-state index in [1.807, 2.05) is 6.07 Å². The van der Waals surface area contributed by atoms with Gasteiger partial charge in [0.05, 0.1) is 0 Å². The summed E-state index contributed by atoms with van der Waals surface area (Å²) in [5.41, 5.74) is 2.64. The molecule has 0 heterocycles. The molecule has 3 heteroatoms. The van der Waals surface area contributed by atoms with Crippen LogP contribution in [-0.2, 0) is 0 Å². The van der Waals surface area contributed by atoms with Crippen LogP contribution in [0.3, 0.4) is 0 Å². The molecular weight excluding hydrogens is 266 g/mol. The smallest absolute Gasteiger partial charge is 0.129 e. The van der Waals surface area contributed by atoms with Gasteiger partial charge in [0.25, 0.3) is 0 Å². The van der Waals surface area contributed by atoms with Gasteiger partial charge in [0.1, 0.15) is 11.6 Å². The average molecular weight is 283 g/mol. The van der Waals surface area contributed by atoms with Crippen molar-refractivity contribution in [3.8, 4) is 0 Å². The second-order valence-electron chi connectivity index (χ2n) is 4.56. The van der Waals surface area contributed by atoms with Crippen molar-refractivity contribution in [1.82, 2.24) is 0 Å². The fourth-order valence-corrected chi connectivity index (χ4v) is 2.01. The SMILES string of the molecule is Cc1cc(Cl)cc(C)c1F.Cc1cccc(C)c1F. The lowest BCUT2D eigenvalue weighted by molar-refractivity contribution is 0.609. The Labute approximate surface area is 118 Å². The molecule has 0 atom stereocenters. The topological polar surface area (TPSA) is 0 Å². The highest BCUT2D eigenvalue weighted by Gasteiger charge is 2.01. The third-order valence-electron chi connectivity index (χ3n) is 2.79. The van der Waals surface area contributed by atoms with Crippen LogP contribution in [-0.4, -0.2) is 0 Å². The van der Waals surface area contributed by atoms with Crippen LogP contribution in [0.1, 0.15) is 22.3 Å². The van der Waals surface area contributed by atoms with Gasteiger partial charge >= 0.3 is 0 Å². The Bertz CT molecular complexity index is 534. The minimum absolute atomic E-state index is 0.0856. The molecule has 0 saturated carbocycles. The molecule has 0 aliphatic heterocycles. The van der Waals surface area contributed by atoms with E-state index >= 15 is 0 Å². The first kappa shape index (κ1) is 15.6. The molecule has 0 radical (unpaired) electrons. The molecule has 0 unspecified atom stereocenters. The molecule has 0 bridgehead atoms. The summed E-state index contributed by atoms with van der Waals surface area (Å²) in [6, 6.07) is 8.62. The number of hydrogen-bond acceptors (Lipinski definition) is 0. The highest BCUT2D eigenvalue weighted by molar-refractivity contribution is 6.30. The summed E-state index contributed by atoms with van der Waals surface area (Å²) in [5, 5.41) is 0.594. The molecule has 0 aliphatic carbocycles. The van der Waals surface area contributed by atoms with Gasteiger partial charge in [-0.1, -0.05) is 29.8 Å². The van der Waals surface area contributed by atoms with Gasteiger partial charge in [-0.2, -0.15) is 0 Å². The van der Waals surface area contributed by atoms with E-state index < -0.39 is 0 Å². The van der Waals surface area contributed by atoms with Gasteiger partial charge < -0.3 is 0 Å². The fourth-order valence-electron chi connectivity index (χ4n) is 1.69. The molecule has 0 aliphatic rings. The van der Waals surface area contributed by atoms with Gasteiger partial charge in [-0.05, 0) is 62.1 Å². The monoisotopic (exact) mass is 282 g/mol. The molecule has 0 aromatic heterocycles. The first-order valence-electron chi connectivity index (χ1n) is 5.97. The van der Waals surface area contributed by atoms with Crippen LogP contribution in [0.4, 0.5) is 8.78 Å². The van der Waals surface area contributed by atoms with Crippen LogP contribution in [0.25, 0.3) is 0 Å². The maximum absolute atomic E-state index is 12.9. The predicted molar refractivity (Wildman–Crippen MR) is 76.8 cm³/mol. The van der Waals surface area contributed by atoms with E-state index in [0.29, 0.717) is 16.1 Å². The van der Waals surface area contributed by atoms with Crippen LogP contribution in [0.5, 0.6) is 0 Å². The molecule has 2 aromatic rings. The van der Waals surface area contributed by atoms with Crippen LogP contribution in [0.2, 0.25) is 5.02 Å². The minimum atomic E-state index is -0.163. The Morgan fingerprint density at radius 1 is 0.737 bits per heavy atom. The van der Waals surface area contributed by atoms with Crippen molar-refractivity contribution in [2.24, 2.45) is 0 Å². The molecule has 0 saturated heterocycles. The number of benzene rings is 2. The van der Waals surface area contributed by atoms with E-state index in [-0.39, 0.29) is 11.6 Å². The van der Waals surface area contributed by atoms with Crippen LogP contribution >= 0.6 is 11.6 Å². The molecular formula is C16H17ClF2. The van der Waals surface area contributed by atoms with E-state index in [1.54, 1.807) is 52.0 Å². The van der Waals surface area contributed by atoms with Crippen LogP contribution in [0.15, 0.2) is 30.3 Å². The standard InChI is InChI=1S/C8H8ClF.C8H9F/c1-5-3-7(9)4-6(2)8(5)10;1-6-4-3-5-7(2)8(6)9/h3-4H,1-2H3;3-5H,1-2H3. The van der Waals surface area contributed by atoms with Crippen LogP contribution in [0, 0.1) is 39.3 Å². The predicted octanol–water partition coefficient (Wildman–Crippen LogP) is 5.54. The highest BCUT2D eigenvalue weighted by Crippen LogP contribution is 2.17. The summed E-state index contributed by atoms with van der Waals surface area (Å²) in [6.07, 6.45) is 0. The highest BCUT2D eigenvalue weighted by atomic mass is 35.5. The maximum atomic E-state index is 12.9. The fraction of sp³-hybridized carbons (Fsp3) is 0.250. The molecule has 0 spiro atoms. The van der Waals surface area contributed by atoms with Gasteiger partial charge in [0.2, 0.25) is 0 Å². The van der Waals surface area contributed by atoms with Crippen LogP contribution < -0.4 is 0 Å². The number of halogens is 3. The maximum Gasteiger partial charge on any atom is 0.129 e. The van der Waals surface area contributed by atoms with Gasteiger partial charge in [-0.15, -0.1) is 0 Å². The molecule has 0 nitrogen and oxygen atoms in total. The first-order chi connectivity index (χ1) is 8.82. The third-order valence-corrected chi connectivity index (χ3v) is 3.00. The van der Waals surface area contributed by atoms with Crippen molar-refractivity contribution >= 4 is 11.6 Å². The molecule has 0 amide bonds. The summed E-state index contributed by atoms with van der Waals surface area (Å²) in [5.74, 6) is -0.248. The van der Waals surface area contributed by atoms with Crippen molar-refractivity contribution in [3.63, 3.8) is 0 Å². The van der Waals surface area contributed by atoms with Gasteiger partial charge in [-0.3, -0.25) is 0 Å². The number of hydrogen-bond donors (Lipinski definition) is 0. The quantitative estimate of drug-likeness (QED) is 0.595. The Kier molecular flexibility index (Phi) is 5.49. The van der Waals surface area contributed by atoms with Gasteiger partial charge in [0.15, 0.2) is 0 Å². The third kappa shape index (κ3) is 4.32. The zero-order chi connectivity index (χ0) is 14.6. The zero-order valence-corrected chi connectivity index (χ0v) is 12.3. The number of aryl methyl sites for hydroxylation is 4. The average Bonchev–Trinajstić information content (AvgIpc) is 2.33. The van der Waals surface area contributed by atoms with Gasteiger partial charge in [-0.25, -0.2) is 8.78 Å². The minimum Gasteiger partial charge on any atom is -0.206 e. The van der Waals surface area contributed by atoms with Gasteiger partial charge in [0, 0.05) is 5.02 Å². The summed E-state index contributed by atoms with van der Waals surface area (Å²) in [6.45, 7) is 6.94. The lowest BCUT2D eigenvalue weighted by Crippen LogP contribution is -1.86. The Hall–Kier alpha value is -1.41. The normalized spacial score (nSPS) is 9.84. The van der Waals surface area contributed by atoms with Crippen molar-refractivity contribution in [2.45, 2.75) is 27.7 Å². The zero-order valence-electron chi connectivity index (χ0n) is 11.5. The summed E-state index contributed by atoms with van der Waals surface area (Å²) in [7, 11) is 0. The van der Waals surface area contributed by atoms with E-state index in [9.17, 15) is 8.78 Å². The summed E-state index contributed by atoms with van der Waals surface area (Å²) < 4.78 is 25.6. The van der Waals surface area contributed by atoms with Crippen molar-refractivity contribution in [2.75, 3.05) is 0 Å². The molecule has 2 aromatic carbocycles. The summed E-state index contributed by atoms with van der Waals surface area (Å²) >= 11 is 5.66. The largest absolute Gasteiger partial charge is 0.206 e. The Morgan fingerprint density at radius 2 is 1.11 bits per heavy atom. The van der Waals surface area contributed by atoms with E-state index in [1.165, 1.54) is 0 Å². The first-order valence-corrected chi connectivity index (χ1v) is 6.34. The van der Waals surface area contributed by atoms with Crippen molar-refractivity contribution in [3.05, 3.63) is 69.2 Å². The molecule has 102 valence electrons. The summed E-state index contributed by atoms with van der Waals surface area (Å²) in [4.78, 5) is 0. The molecule has 19 heavy (non-hydrogen) atoms. The van der Waals surface area contributed by atoms with Crippen molar-refractivity contribution in [1.29, 1.82) is 0 Å². The second-order valence-corrected chi connectivity index (χ2v) is 5.00. The lowest BCUT2D eigenvalue weighted by atomic mass is 10.1. The molecule has 0 fully saturated rings. The number of rotatable bonds is 0. The van der Waals surface area contributed by atoms with E-state index in [0.717, 1.165) is 11.1 Å².